The number of hydrogen-bond acceptors (Lipinski definition) is 4. The second kappa shape index (κ2) is 7.94. The number of hydrogen-bond donors (Lipinski definition) is 0. The number of carbonyl (C=O) groups excluding carboxylic acids is 2. The molecule has 2 aliphatic heterocycles. The summed E-state index contributed by atoms with van der Waals surface area (Å²) in [6, 6.07) is 15.2. The summed E-state index contributed by atoms with van der Waals surface area (Å²) >= 11 is 12.6. The summed E-state index contributed by atoms with van der Waals surface area (Å²) in [5, 5.41) is 1.25. The maximum absolute atomic E-state index is 14.3. The van der Waals surface area contributed by atoms with Crippen molar-refractivity contribution in [2.45, 2.75) is 77.6 Å². The van der Waals surface area contributed by atoms with Gasteiger partial charge in [-0.3, -0.25) is 9.59 Å². The summed E-state index contributed by atoms with van der Waals surface area (Å²) in [6.07, 6.45) is 2.82. The molecule has 2 atom stereocenters. The molecule has 6 rings (SSSR count). The summed E-state index contributed by atoms with van der Waals surface area (Å²) in [6.45, 7) is 8.38. The summed E-state index contributed by atoms with van der Waals surface area (Å²) in [4.78, 5) is 27.7. The van der Waals surface area contributed by atoms with Crippen LogP contribution < -0.4 is 0 Å². The second-order valence-electron chi connectivity index (χ2n) is 13.0. The SMILES string of the molecule is CC1(C)CC(=O)C2=C(C1)OC13CC(C)(C)CC(=O)C1(C2)CC(c1ccc(Cl)cc1)(c1ccc(Cl)cc1)O3. The van der Waals surface area contributed by atoms with Crippen molar-refractivity contribution < 1.29 is 19.1 Å². The molecular formula is C31H32Cl2O4. The third-order valence-electron chi connectivity index (χ3n) is 8.84. The molecule has 1 saturated heterocycles. The Bertz CT molecular complexity index is 1290. The first-order valence-electron chi connectivity index (χ1n) is 13.0. The van der Waals surface area contributed by atoms with E-state index in [0.717, 1.165) is 11.1 Å². The second-order valence-corrected chi connectivity index (χ2v) is 13.9. The van der Waals surface area contributed by atoms with E-state index in [1.165, 1.54) is 0 Å². The van der Waals surface area contributed by atoms with Crippen LogP contribution in [0.2, 0.25) is 10.0 Å². The fourth-order valence-corrected chi connectivity index (χ4v) is 7.51. The van der Waals surface area contributed by atoms with Crippen molar-refractivity contribution in [3.05, 3.63) is 81.0 Å². The first-order chi connectivity index (χ1) is 17.3. The van der Waals surface area contributed by atoms with Crippen molar-refractivity contribution >= 4 is 34.8 Å². The van der Waals surface area contributed by atoms with Crippen molar-refractivity contribution in [3.63, 3.8) is 0 Å². The molecule has 0 aromatic heterocycles. The molecular weight excluding hydrogens is 507 g/mol. The minimum absolute atomic E-state index is 0.0855. The van der Waals surface area contributed by atoms with Crippen LogP contribution in [-0.2, 0) is 24.7 Å². The molecule has 1 saturated carbocycles. The average Bonchev–Trinajstić information content (AvgIpc) is 3.09. The van der Waals surface area contributed by atoms with Crippen LogP contribution >= 0.6 is 23.2 Å². The van der Waals surface area contributed by atoms with Gasteiger partial charge in [-0.1, -0.05) is 75.2 Å². The predicted octanol–water partition coefficient (Wildman–Crippen LogP) is 7.79. The van der Waals surface area contributed by atoms with Gasteiger partial charge in [0.2, 0.25) is 5.79 Å². The molecule has 2 aliphatic carbocycles. The first-order valence-corrected chi connectivity index (χ1v) is 13.7. The van der Waals surface area contributed by atoms with Crippen LogP contribution in [0.25, 0.3) is 0 Å². The lowest BCUT2D eigenvalue weighted by molar-refractivity contribution is -0.291. The van der Waals surface area contributed by atoms with Crippen molar-refractivity contribution in [3.8, 4) is 0 Å². The van der Waals surface area contributed by atoms with Crippen LogP contribution in [0, 0.1) is 16.2 Å². The van der Waals surface area contributed by atoms with E-state index in [1.54, 1.807) is 0 Å². The maximum atomic E-state index is 14.3. The molecule has 0 radical (unpaired) electrons. The highest BCUT2D eigenvalue weighted by molar-refractivity contribution is 6.30. The van der Waals surface area contributed by atoms with Crippen LogP contribution in [0.4, 0.5) is 0 Å². The number of benzene rings is 2. The van der Waals surface area contributed by atoms with E-state index in [9.17, 15) is 9.59 Å². The van der Waals surface area contributed by atoms with E-state index in [2.05, 4.69) is 27.7 Å². The Morgan fingerprint density at radius 1 is 0.703 bits per heavy atom. The van der Waals surface area contributed by atoms with Crippen molar-refractivity contribution in [2.75, 3.05) is 0 Å². The maximum Gasteiger partial charge on any atom is 0.224 e. The predicted molar refractivity (Wildman–Crippen MR) is 143 cm³/mol. The molecule has 4 nitrogen and oxygen atoms in total. The zero-order valence-corrected chi connectivity index (χ0v) is 23.3. The number of ether oxygens (including phenoxy) is 2. The Balaban J connectivity index is 1.59. The standard InChI is InChI=1S/C31H32Cl2O4/c1-27(2)14-24(34)23-13-29-18-30(19-5-9-21(32)10-6-19,20-7-11-22(33)12-8-20)37-31(29,36-25(23)15-27)17-28(3,4)16-26(29)35/h5-12H,13-18H2,1-4H3. The summed E-state index contributed by atoms with van der Waals surface area (Å²) in [5.74, 6) is -0.289. The molecule has 2 aromatic rings. The fraction of sp³-hybridized carbons (Fsp3) is 0.484. The van der Waals surface area contributed by atoms with Gasteiger partial charge in [-0.25, -0.2) is 0 Å². The van der Waals surface area contributed by atoms with Crippen LogP contribution in [-0.4, -0.2) is 17.4 Å². The van der Waals surface area contributed by atoms with Gasteiger partial charge in [0.25, 0.3) is 0 Å². The lowest BCUT2D eigenvalue weighted by Gasteiger charge is -2.55. The molecule has 2 unspecified atom stereocenters. The minimum atomic E-state index is -1.18. The largest absolute Gasteiger partial charge is 0.465 e. The quantitative estimate of drug-likeness (QED) is 0.391. The summed E-state index contributed by atoms with van der Waals surface area (Å²) < 4.78 is 14.2. The number of rotatable bonds is 2. The van der Waals surface area contributed by atoms with Crippen molar-refractivity contribution in [1.29, 1.82) is 0 Å². The van der Waals surface area contributed by atoms with E-state index in [0.29, 0.717) is 59.9 Å². The molecule has 0 N–H and O–H groups in total. The molecule has 0 bridgehead atoms. The van der Waals surface area contributed by atoms with E-state index < -0.39 is 16.8 Å². The van der Waals surface area contributed by atoms with Gasteiger partial charge in [0.05, 0.1) is 0 Å². The van der Waals surface area contributed by atoms with Gasteiger partial charge in [-0.2, -0.15) is 0 Å². The molecule has 0 spiro atoms. The highest BCUT2D eigenvalue weighted by Crippen LogP contribution is 2.70. The lowest BCUT2D eigenvalue weighted by atomic mass is 9.54. The zero-order valence-electron chi connectivity index (χ0n) is 21.8. The fourth-order valence-electron chi connectivity index (χ4n) is 7.26. The molecule has 2 heterocycles. The minimum Gasteiger partial charge on any atom is -0.465 e. The van der Waals surface area contributed by atoms with E-state index >= 15 is 0 Å². The number of ketones is 2. The van der Waals surface area contributed by atoms with Gasteiger partial charge in [-0.15, -0.1) is 0 Å². The number of allylic oxidation sites excluding steroid dienone is 2. The molecule has 2 aromatic carbocycles. The monoisotopic (exact) mass is 538 g/mol. The van der Waals surface area contributed by atoms with E-state index in [4.69, 9.17) is 32.7 Å². The third-order valence-corrected chi connectivity index (χ3v) is 9.35. The van der Waals surface area contributed by atoms with Crippen LogP contribution in [0.3, 0.4) is 0 Å². The lowest BCUT2D eigenvalue weighted by Crippen LogP contribution is -2.61. The highest BCUT2D eigenvalue weighted by Gasteiger charge is 2.75. The molecule has 37 heavy (non-hydrogen) atoms. The third kappa shape index (κ3) is 3.74. The van der Waals surface area contributed by atoms with Gasteiger partial charge < -0.3 is 9.47 Å². The first kappa shape index (κ1) is 25.2. The topological polar surface area (TPSA) is 52.6 Å². The Kier molecular flexibility index (Phi) is 5.40. The van der Waals surface area contributed by atoms with Crippen molar-refractivity contribution in [1.82, 2.24) is 0 Å². The molecule has 194 valence electrons. The van der Waals surface area contributed by atoms with Gasteiger partial charge in [0.15, 0.2) is 5.78 Å². The molecule has 6 heteroatoms. The average molecular weight is 539 g/mol. The van der Waals surface area contributed by atoms with E-state index in [-0.39, 0.29) is 22.4 Å². The molecule has 0 amide bonds. The Labute approximate surface area is 228 Å². The number of Topliss-reactive ketones (excluding diaryl/α,β-unsaturated/α-hetero) is 2. The van der Waals surface area contributed by atoms with Gasteiger partial charge in [-0.05, 0) is 52.6 Å². The summed E-state index contributed by atoms with van der Waals surface area (Å²) in [7, 11) is 0. The molecule has 2 fully saturated rings. The van der Waals surface area contributed by atoms with Gasteiger partial charge >= 0.3 is 0 Å². The van der Waals surface area contributed by atoms with Gasteiger partial charge in [0, 0.05) is 47.7 Å². The van der Waals surface area contributed by atoms with Crippen LogP contribution in [0.15, 0.2) is 59.9 Å². The van der Waals surface area contributed by atoms with Crippen LogP contribution in [0.1, 0.15) is 77.3 Å². The highest BCUT2D eigenvalue weighted by atomic mass is 35.5. The Morgan fingerprint density at radius 2 is 1.27 bits per heavy atom. The number of halogens is 2. The van der Waals surface area contributed by atoms with Gasteiger partial charge in [0.1, 0.15) is 22.6 Å². The van der Waals surface area contributed by atoms with E-state index in [1.807, 2.05) is 48.5 Å². The Morgan fingerprint density at radius 3 is 1.84 bits per heavy atom. The van der Waals surface area contributed by atoms with Crippen LogP contribution in [0.5, 0.6) is 0 Å². The van der Waals surface area contributed by atoms with Crippen molar-refractivity contribution in [2.24, 2.45) is 16.2 Å². The smallest absolute Gasteiger partial charge is 0.224 e. The summed E-state index contributed by atoms with van der Waals surface area (Å²) in [5.41, 5.74) is -0.00195. The molecule has 4 aliphatic rings. The normalized spacial score (nSPS) is 31.3. The number of carbonyl (C=O) groups is 2. The zero-order chi connectivity index (χ0) is 26.4. The Hall–Kier alpha value is -2.14.